The molecule has 4 nitrogen and oxygen atoms in total. The standard InChI is InChI=1S/C60H41BN2.C48H31BN2/c1-5-22-42(23-6-1)46-31-19-32-47(43-24-7-2-8-25-43)58(46)61-52-36-14-17-39-55(52)62-54-38-16-13-30-50(54)51-35-21-41-57(60(51)62)63(56-40-18-15-37-53(56)61)59-48(44-26-9-3-10-27-44)33-20-34-49(59)45-28-11-4-12-29-45;1-3-16-32(17-4-1)34-22-15-23-35(33-18-5-2-6-19-33)46(34)49-40-24-9-13-28-44(40)50-42-26-11-7-20-36(42)38-30-31-39-37-21-8-12-27-43(37)51(48(39)47(38)50)45-29-14-10-25-41(45)49/h1-41H;1-31H. The molecular weight excluding hydrogens is 1370 g/mol. The Morgan fingerprint density at radius 3 is 0.746 bits per heavy atom. The summed E-state index contributed by atoms with van der Waals surface area (Å²) in [6.45, 7) is -0.313. The van der Waals surface area contributed by atoms with Gasteiger partial charge in [-0.25, -0.2) is 0 Å². The Kier molecular flexibility index (Phi) is 16.1. The molecule has 6 heteroatoms. The van der Waals surface area contributed by atoms with Crippen molar-refractivity contribution in [3.63, 3.8) is 0 Å². The van der Waals surface area contributed by atoms with Crippen LogP contribution in [0.15, 0.2) is 437 Å². The van der Waals surface area contributed by atoms with E-state index in [2.05, 4.69) is 455 Å². The molecule has 0 unspecified atom stereocenters. The molecule has 0 atom stereocenters. The zero-order valence-electron chi connectivity index (χ0n) is 62.5. The number of aromatic nitrogens is 3. The first kappa shape index (κ1) is 66.3. The van der Waals surface area contributed by atoms with Crippen LogP contribution in [-0.4, -0.2) is 27.1 Å². The normalized spacial score (nSPS) is 12.2. The van der Waals surface area contributed by atoms with E-state index in [9.17, 15) is 0 Å². The molecule has 0 bridgehead atoms. The molecule has 114 heavy (non-hydrogen) atoms. The van der Waals surface area contributed by atoms with Crippen LogP contribution in [0.4, 0.5) is 17.1 Å². The molecule has 0 radical (unpaired) electrons. The van der Waals surface area contributed by atoms with Crippen molar-refractivity contribution < 1.29 is 0 Å². The van der Waals surface area contributed by atoms with Gasteiger partial charge in [0.15, 0.2) is 0 Å². The predicted molar refractivity (Wildman–Crippen MR) is 485 cm³/mol. The van der Waals surface area contributed by atoms with E-state index < -0.39 is 0 Å². The van der Waals surface area contributed by atoms with Crippen LogP contribution in [0.25, 0.3) is 149 Å². The monoisotopic (exact) mass is 1450 g/mol. The molecule has 0 spiro atoms. The molecule has 2 aliphatic rings. The molecule has 0 N–H and O–H groups in total. The lowest BCUT2D eigenvalue weighted by molar-refractivity contribution is 1.16. The largest absolute Gasteiger partial charge is 0.308 e. The number of benzene rings is 18. The number of para-hydroxylation sites is 9. The van der Waals surface area contributed by atoms with E-state index in [1.165, 1.54) is 160 Å². The van der Waals surface area contributed by atoms with Gasteiger partial charge in [-0.2, -0.15) is 0 Å². The molecule has 3 aromatic heterocycles. The Labute approximate surface area is 663 Å². The smallest absolute Gasteiger partial charge is 0.248 e. The maximum atomic E-state index is 2.60. The second-order valence-corrected chi connectivity index (χ2v) is 30.0. The zero-order valence-corrected chi connectivity index (χ0v) is 62.5. The highest BCUT2D eigenvalue weighted by Crippen LogP contribution is 2.51. The average Bonchev–Trinajstić information content (AvgIpc) is 1.54. The van der Waals surface area contributed by atoms with Crippen molar-refractivity contribution in [2.75, 3.05) is 4.90 Å². The van der Waals surface area contributed by atoms with Gasteiger partial charge in [0, 0.05) is 66.2 Å². The van der Waals surface area contributed by atoms with Crippen LogP contribution in [0.3, 0.4) is 0 Å². The average molecular weight is 1450 g/mol. The Bertz CT molecular complexity index is 6980. The third-order valence-electron chi connectivity index (χ3n) is 23.9. The molecule has 18 aromatic carbocycles. The number of anilines is 3. The Balaban J connectivity index is 0.000000142. The van der Waals surface area contributed by atoms with Gasteiger partial charge in [-0.1, -0.05) is 399 Å². The second kappa shape index (κ2) is 27.7. The van der Waals surface area contributed by atoms with Gasteiger partial charge in [-0.05, 0) is 126 Å². The Morgan fingerprint density at radius 1 is 0.158 bits per heavy atom. The summed E-state index contributed by atoms with van der Waals surface area (Å²) in [6, 6.07) is 161. The third-order valence-corrected chi connectivity index (χ3v) is 23.9. The van der Waals surface area contributed by atoms with Gasteiger partial charge in [0.05, 0.1) is 44.5 Å². The van der Waals surface area contributed by atoms with Crippen LogP contribution >= 0.6 is 0 Å². The lowest BCUT2D eigenvalue weighted by atomic mass is 9.34. The Hall–Kier alpha value is -14.7. The molecule has 530 valence electrons. The van der Waals surface area contributed by atoms with E-state index in [4.69, 9.17) is 0 Å². The summed E-state index contributed by atoms with van der Waals surface area (Å²) in [5.74, 6) is 0. The molecule has 0 saturated carbocycles. The number of rotatable bonds is 9. The predicted octanol–water partition coefficient (Wildman–Crippen LogP) is 23.8. The van der Waals surface area contributed by atoms with Crippen molar-refractivity contribution in [1.29, 1.82) is 0 Å². The van der Waals surface area contributed by atoms with E-state index >= 15 is 0 Å². The van der Waals surface area contributed by atoms with Crippen LogP contribution in [0.5, 0.6) is 0 Å². The molecule has 5 heterocycles. The molecule has 23 rings (SSSR count). The van der Waals surface area contributed by atoms with Crippen molar-refractivity contribution >= 4 is 129 Å². The maximum Gasteiger partial charge on any atom is 0.248 e. The first-order chi connectivity index (χ1) is 56.7. The summed E-state index contributed by atoms with van der Waals surface area (Å²) in [7, 11) is 0. The lowest BCUT2D eigenvalue weighted by Crippen LogP contribution is -2.55. The van der Waals surface area contributed by atoms with Crippen molar-refractivity contribution in [2.45, 2.75) is 0 Å². The van der Waals surface area contributed by atoms with E-state index in [-0.39, 0.29) is 13.4 Å². The van der Waals surface area contributed by atoms with Gasteiger partial charge in [0.2, 0.25) is 13.4 Å². The minimum absolute atomic E-state index is 0.106. The first-order valence-electron chi connectivity index (χ1n) is 39.6. The van der Waals surface area contributed by atoms with Crippen molar-refractivity contribution in [2.24, 2.45) is 0 Å². The van der Waals surface area contributed by atoms with Gasteiger partial charge in [-0.3, -0.25) is 0 Å². The van der Waals surface area contributed by atoms with Gasteiger partial charge in [0.25, 0.3) is 0 Å². The second-order valence-electron chi connectivity index (χ2n) is 30.0. The van der Waals surface area contributed by atoms with E-state index in [1.54, 1.807) is 0 Å². The minimum atomic E-state index is -0.207. The van der Waals surface area contributed by atoms with Crippen molar-refractivity contribution in [3.8, 4) is 83.8 Å². The van der Waals surface area contributed by atoms with Crippen LogP contribution < -0.4 is 37.7 Å². The molecule has 0 aliphatic carbocycles. The van der Waals surface area contributed by atoms with Gasteiger partial charge in [0.1, 0.15) is 0 Å². The third kappa shape index (κ3) is 10.6. The minimum Gasteiger partial charge on any atom is -0.308 e. The van der Waals surface area contributed by atoms with Crippen LogP contribution in [-0.2, 0) is 0 Å². The number of hydrogen-bond donors (Lipinski definition) is 0. The fourth-order valence-corrected chi connectivity index (χ4v) is 19.2. The van der Waals surface area contributed by atoms with Crippen LogP contribution in [0.2, 0.25) is 0 Å². The van der Waals surface area contributed by atoms with E-state index in [0.29, 0.717) is 0 Å². The van der Waals surface area contributed by atoms with Crippen molar-refractivity contribution in [3.05, 3.63) is 437 Å². The van der Waals surface area contributed by atoms with Crippen LogP contribution in [0.1, 0.15) is 0 Å². The highest BCUT2D eigenvalue weighted by atomic mass is 15.2. The fraction of sp³-hybridized carbons (Fsp3) is 0. The lowest BCUT2D eigenvalue weighted by Gasteiger charge is -2.33. The molecule has 0 amide bonds. The summed E-state index contributed by atoms with van der Waals surface area (Å²) in [5, 5.41) is 7.50. The molecule has 0 saturated heterocycles. The summed E-state index contributed by atoms with van der Waals surface area (Å²) in [5.41, 5.74) is 36.2. The summed E-state index contributed by atoms with van der Waals surface area (Å²) in [6.07, 6.45) is 0. The quantitative estimate of drug-likeness (QED) is 0.132. The highest BCUT2D eigenvalue weighted by Gasteiger charge is 2.39. The fourth-order valence-electron chi connectivity index (χ4n) is 19.2. The van der Waals surface area contributed by atoms with Gasteiger partial charge < -0.3 is 18.6 Å². The maximum absolute atomic E-state index is 2.60. The number of fused-ring (bicyclic) bond motifs is 16. The molecular formula is C108H72B2N4. The van der Waals surface area contributed by atoms with Gasteiger partial charge in [-0.15, -0.1) is 0 Å². The van der Waals surface area contributed by atoms with Crippen LogP contribution in [0, 0.1) is 0 Å². The zero-order chi connectivity index (χ0) is 75.2. The van der Waals surface area contributed by atoms with Gasteiger partial charge >= 0.3 is 0 Å². The SMILES string of the molecule is c1ccc(-c2cccc(-c3ccccc3)c2B2c3ccccc3-n3c4ccccc4c4ccc5c6ccccc6n(c5c43)-c3ccccc32)cc1.c1ccc(-c2cccc(-c3ccccc3)c2B2c3ccccc3N(c3c(-c4ccccc4)cccc3-c3ccccc3)c3cccc4c5ccccc5n(c34)-c3ccccc32)cc1. The van der Waals surface area contributed by atoms with E-state index in [0.717, 1.165) is 39.3 Å². The summed E-state index contributed by atoms with van der Waals surface area (Å²) < 4.78 is 7.68. The highest BCUT2D eigenvalue weighted by molar-refractivity contribution is 6.99. The van der Waals surface area contributed by atoms with E-state index in [1.807, 2.05) is 0 Å². The molecule has 0 fully saturated rings. The first-order valence-corrected chi connectivity index (χ1v) is 39.6. The molecule has 21 aromatic rings. The summed E-state index contributed by atoms with van der Waals surface area (Å²) >= 11 is 0. The summed E-state index contributed by atoms with van der Waals surface area (Å²) in [4.78, 5) is 2.60. The number of hydrogen-bond acceptors (Lipinski definition) is 1. The molecule has 2 aliphatic heterocycles. The topological polar surface area (TPSA) is 18.0 Å². The van der Waals surface area contributed by atoms with Crippen molar-refractivity contribution in [1.82, 2.24) is 13.7 Å². The Morgan fingerprint density at radius 2 is 0.395 bits per heavy atom. The number of nitrogens with zero attached hydrogens (tertiary/aromatic N) is 4.